The number of ether oxygens (including phenoxy) is 2. The van der Waals surface area contributed by atoms with Gasteiger partial charge in [-0.05, 0) is 12.1 Å². The van der Waals surface area contributed by atoms with Crippen molar-refractivity contribution in [2.45, 2.75) is 18.0 Å². The summed E-state index contributed by atoms with van der Waals surface area (Å²) in [5.74, 6) is -1.74. The van der Waals surface area contributed by atoms with Crippen LogP contribution in [0.4, 0.5) is 30.7 Å². The monoisotopic (exact) mass is 334 g/mol. The number of hydrogen-bond acceptors (Lipinski definition) is 3. The average Bonchev–Trinajstić information content (AvgIpc) is 2.42. The van der Waals surface area contributed by atoms with Crippen LogP contribution in [0.2, 0.25) is 0 Å². The number of esters is 1. The van der Waals surface area contributed by atoms with Crippen LogP contribution < -0.4 is 4.74 Å². The fourth-order valence-corrected chi connectivity index (χ4v) is 1.67. The summed E-state index contributed by atoms with van der Waals surface area (Å²) in [7, 11) is 1.84. The average molecular weight is 334 g/mol. The van der Waals surface area contributed by atoms with Gasteiger partial charge in [-0.15, -0.1) is 0 Å². The fourth-order valence-electron chi connectivity index (χ4n) is 1.67. The highest BCUT2D eigenvalue weighted by atomic mass is 19.4. The Balaban J connectivity index is 3.57. The summed E-state index contributed by atoms with van der Waals surface area (Å²) in [5, 5.41) is 0. The number of alkyl halides is 7. The van der Waals surface area contributed by atoms with E-state index in [2.05, 4.69) is 9.47 Å². The van der Waals surface area contributed by atoms with Gasteiger partial charge in [0.1, 0.15) is 11.3 Å². The first-order valence-corrected chi connectivity index (χ1v) is 5.49. The van der Waals surface area contributed by atoms with Crippen LogP contribution in [0, 0.1) is 0 Å². The van der Waals surface area contributed by atoms with Gasteiger partial charge in [-0.2, -0.15) is 26.3 Å². The van der Waals surface area contributed by atoms with E-state index in [1.54, 1.807) is 0 Å². The SMILES string of the molecule is COC(=O)c1ccc(C(F)(C(F)(F)F)C(F)(F)F)cc1OC. The minimum absolute atomic E-state index is 0.160. The van der Waals surface area contributed by atoms with Crippen LogP contribution in [-0.4, -0.2) is 32.5 Å². The zero-order valence-corrected chi connectivity index (χ0v) is 11.1. The topological polar surface area (TPSA) is 35.5 Å². The molecule has 0 heterocycles. The molecular weight excluding hydrogens is 325 g/mol. The lowest BCUT2D eigenvalue weighted by molar-refractivity contribution is -0.348. The van der Waals surface area contributed by atoms with Gasteiger partial charge in [-0.1, -0.05) is 6.07 Å². The first kappa shape index (κ1) is 18.1. The Morgan fingerprint density at radius 1 is 0.955 bits per heavy atom. The lowest BCUT2D eigenvalue weighted by Gasteiger charge is -2.30. The molecule has 0 atom stereocenters. The van der Waals surface area contributed by atoms with Gasteiger partial charge in [-0.3, -0.25) is 0 Å². The molecule has 10 heteroatoms. The Hall–Kier alpha value is -2.00. The van der Waals surface area contributed by atoms with Crippen molar-refractivity contribution >= 4 is 5.97 Å². The molecule has 0 aliphatic heterocycles. The third-order valence-electron chi connectivity index (χ3n) is 2.79. The molecule has 1 aromatic rings. The van der Waals surface area contributed by atoms with E-state index >= 15 is 0 Å². The predicted molar refractivity (Wildman–Crippen MR) is 59.2 cm³/mol. The van der Waals surface area contributed by atoms with Crippen molar-refractivity contribution in [2.24, 2.45) is 0 Å². The van der Waals surface area contributed by atoms with Crippen molar-refractivity contribution in [3.63, 3.8) is 0 Å². The maximum Gasteiger partial charge on any atom is 0.435 e. The van der Waals surface area contributed by atoms with Crippen LogP contribution in [0.3, 0.4) is 0 Å². The quantitative estimate of drug-likeness (QED) is 0.624. The standard InChI is InChI=1S/C12H9F7O3/c1-21-8-5-6(3-4-7(8)9(20)22-2)10(13,11(14,15)16)12(17,18)19/h3-5H,1-2H3. The van der Waals surface area contributed by atoms with E-state index in [0.717, 1.165) is 14.2 Å². The van der Waals surface area contributed by atoms with Gasteiger partial charge < -0.3 is 9.47 Å². The van der Waals surface area contributed by atoms with Crippen LogP contribution in [0.15, 0.2) is 18.2 Å². The van der Waals surface area contributed by atoms with E-state index in [-0.39, 0.29) is 12.1 Å². The molecule has 0 fully saturated rings. The molecule has 0 aliphatic rings. The normalized spacial score (nSPS) is 13.0. The van der Waals surface area contributed by atoms with Crippen LogP contribution in [0.1, 0.15) is 15.9 Å². The van der Waals surface area contributed by atoms with Gasteiger partial charge in [0.05, 0.1) is 14.2 Å². The highest BCUT2D eigenvalue weighted by Crippen LogP contribution is 2.53. The lowest BCUT2D eigenvalue weighted by atomic mass is 9.93. The predicted octanol–water partition coefficient (Wildman–Crippen LogP) is 3.77. The summed E-state index contributed by atoms with van der Waals surface area (Å²) in [6.45, 7) is 0. The molecule has 0 aliphatic carbocycles. The number of carbonyl (C=O) groups is 1. The summed E-state index contributed by atoms with van der Waals surface area (Å²) in [6, 6.07) is 0.925. The summed E-state index contributed by atoms with van der Waals surface area (Å²) in [5.41, 5.74) is -7.79. The molecule has 1 rings (SSSR count). The maximum atomic E-state index is 13.8. The smallest absolute Gasteiger partial charge is 0.435 e. The third kappa shape index (κ3) is 2.81. The molecule has 3 nitrogen and oxygen atoms in total. The first-order chi connectivity index (χ1) is 9.90. The zero-order chi connectivity index (χ0) is 17.3. The van der Waals surface area contributed by atoms with Crippen molar-refractivity contribution in [3.05, 3.63) is 29.3 Å². The second-order valence-corrected chi connectivity index (χ2v) is 4.06. The molecule has 0 saturated heterocycles. The van der Waals surface area contributed by atoms with Crippen LogP contribution >= 0.6 is 0 Å². The Bertz CT molecular complexity index is 549. The van der Waals surface area contributed by atoms with Crippen molar-refractivity contribution < 1.29 is 45.0 Å². The van der Waals surface area contributed by atoms with Crippen LogP contribution in [0.5, 0.6) is 5.75 Å². The van der Waals surface area contributed by atoms with Crippen LogP contribution in [-0.2, 0) is 10.4 Å². The molecule has 0 aromatic heterocycles. The van der Waals surface area contributed by atoms with Crippen molar-refractivity contribution in [1.82, 2.24) is 0 Å². The molecule has 124 valence electrons. The molecule has 0 unspecified atom stereocenters. The molecule has 0 radical (unpaired) electrons. The van der Waals surface area contributed by atoms with E-state index in [0.29, 0.717) is 6.07 Å². The van der Waals surface area contributed by atoms with Gasteiger partial charge in [0.2, 0.25) is 0 Å². The number of halogens is 7. The number of hydrogen-bond donors (Lipinski definition) is 0. The van der Waals surface area contributed by atoms with Crippen LogP contribution in [0.25, 0.3) is 0 Å². The minimum Gasteiger partial charge on any atom is -0.496 e. The number of benzene rings is 1. The summed E-state index contributed by atoms with van der Waals surface area (Å²) < 4.78 is 98.4. The Kier molecular flexibility index (Phi) is 4.64. The number of methoxy groups -OCH3 is 2. The molecule has 0 amide bonds. The van der Waals surface area contributed by atoms with E-state index in [1.165, 1.54) is 0 Å². The second-order valence-electron chi connectivity index (χ2n) is 4.06. The Morgan fingerprint density at radius 3 is 1.82 bits per heavy atom. The summed E-state index contributed by atoms with van der Waals surface area (Å²) >= 11 is 0. The maximum absolute atomic E-state index is 13.8. The van der Waals surface area contributed by atoms with Gasteiger partial charge in [0, 0.05) is 5.56 Å². The molecule has 1 aromatic carbocycles. The second kappa shape index (κ2) is 5.65. The largest absolute Gasteiger partial charge is 0.496 e. The fraction of sp³-hybridized carbons (Fsp3) is 0.417. The van der Waals surface area contributed by atoms with Gasteiger partial charge in [0.25, 0.3) is 0 Å². The van der Waals surface area contributed by atoms with Crippen molar-refractivity contribution in [2.75, 3.05) is 14.2 Å². The molecule has 0 spiro atoms. The van der Waals surface area contributed by atoms with E-state index < -0.39 is 40.9 Å². The van der Waals surface area contributed by atoms with Crippen molar-refractivity contribution in [1.29, 1.82) is 0 Å². The zero-order valence-electron chi connectivity index (χ0n) is 11.1. The molecule has 0 saturated carbocycles. The summed E-state index contributed by atoms with van der Waals surface area (Å²) in [6.07, 6.45) is -12.5. The van der Waals surface area contributed by atoms with E-state index in [4.69, 9.17) is 0 Å². The summed E-state index contributed by atoms with van der Waals surface area (Å²) in [4.78, 5) is 11.3. The van der Waals surface area contributed by atoms with Crippen molar-refractivity contribution in [3.8, 4) is 5.75 Å². The van der Waals surface area contributed by atoms with E-state index in [1.807, 2.05) is 0 Å². The van der Waals surface area contributed by atoms with Gasteiger partial charge in [-0.25, -0.2) is 9.18 Å². The molecular formula is C12H9F7O3. The molecule has 0 bridgehead atoms. The van der Waals surface area contributed by atoms with Gasteiger partial charge in [0.15, 0.2) is 0 Å². The lowest BCUT2D eigenvalue weighted by Crippen LogP contribution is -2.50. The number of carbonyl (C=O) groups excluding carboxylic acids is 1. The highest BCUT2D eigenvalue weighted by Gasteiger charge is 2.73. The number of rotatable bonds is 3. The van der Waals surface area contributed by atoms with Gasteiger partial charge >= 0.3 is 24.0 Å². The Morgan fingerprint density at radius 2 is 1.45 bits per heavy atom. The minimum atomic E-state index is -6.25. The molecule has 22 heavy (non-hydrogen) atoms. The molecule has 0 N–H and O–H groups in total. The first-order valence-electron chi connectivity index (χ1n) is 5.49. The Labute approximate surface area is 119 Å². The highest BCUT2D eigenvalue weighted by molar-refractivity contribution is 5.92. The third-order valence-corrected chi connectivity index (χ3v) is 2.79. The van der Waals surface area contributed by atoms with E-state index in [9.17, 15) is 35.5 Å².